The molecule has 0 aliphatic rings. The normalized spacial score (nSPS) is 11.6. The third-order valence-corrected chi connectivity index (χ3v) is 4.11. The number of hydrogen-bond acceptors (Lipinski definition) is 3. The molecular formula is C20H16FN3O2. The van der Waals surface area contributed by atoms with Gasteiger partial charge < -0.3 is 14.7 Å². The summed E-state index contributed by atoms with van der Waals surface area (Å²) >= 11 is 0. The van der Waals surface area contributed by atoms with Crippen LogP contribution in [0.15, 0.2) is 59.2 Å². The van der Waals surface area contributed by atoms with E-state index >= 15 is 0 Å². The molecule has 0 saturated heterocycles. The Morgan fingerprint density at radius 1 is 1.27 bits per heavy atom. The molecule has 4 rings (SSSR count). The average Bonchev–Trinajstić information content (AvgIpc) is 3.23. The van der Waals surface area contributed by atoms with E-state index < -0.39 is 0 Å². The highest BCUT2D eigenvalue weighted by Gasteiger charge is 2.06. The molecule has 0 spiro atoms. The molecule has 130 valence electrons. The van der Waals surface area contributed by atoms with E-state index in [1.165, 1.54) is 18.2 Å². The molecule has 5 nitrogen and oxygen atoms in total. The van der Waals surface area contributed by atoms with Crippen molar-refractivity contribution in [1.82, 2.24) is 15.3 Å². The summed E-state index contributed by atoms with van der Waals surface area (Å²) in [6, 6.07) is 12.1. The van der Waals surface area contributed by atoms with Crippen molar-refractivity contribution in [3.63, 3.8) is 0 Å². The van der Waals surface area contributed by atoms with Crippen LogP contribution in [0, 0.1) is 5.82 Å². The summed E-state index contributed by atoms with van der Waals surface area (Å²) in [6.07, 6.45) is 5.43. The van der Waals surface area contributed by atoms with Crippen molar-refractivity contribution < 1.29 is 13.6 Å². The van der Waals surface area contributed by atoms with Crippen molar-refractivity contribution >= 4 is 34.0 Å². The number of halogens is 1. The van der Waals surface area contributed by atoms with Crippen LogP contribution in [0.5, 0.6) is 0 Å². The zero-order chi connectivity index (χ0) is 17.9. The van der Waals surface area contributed by atoms with Crippen LogP contribution >= 0.6 is 0 Å². The highest BCUT2D eigenvalue weighted by Crippen LogP contribution is 2.19. The number of rotatable bonds is 5. The molecule has 0 aliphatic carbocycles. The molecule has 2 aromatic heterocycles. The molecule has 2 N–H and O–H groups in total. The van der Waals surface area contributed by atoms with Gasteiger partial charge in [-0.15, -0.1) is 0 Å². The van der Waals surface area contributed by atoms with Gasteiger partial charge in [-0.2, -0.15) is 0 Å². The molecule has 0 atom stereocenters. The zero-order valence-electron chi connectivity index (χ0n) is 13.8. The number of amides is 1. The fourth-order valence-electron chi connectivity index (χ4n) is 2.85. The molecule has 6 heteroatoms. The summed E-state index contributed by atoms with van der Waals surface area (Å²) in [6.45, 7) is 0.473. The number of H-pyrrole nitrogens is 1. The highest BCUT2D eigenvalue weighted by atomic mass is 19.1. The summed E-state index contributed by atoms with van der Waals surface area (Å²) < 4.78 is 18.7. The van der Waals surface area contributed by atoms with Gasteiger partial charge in [0.25, 0.3) is 0 Å². The first-order chi connectivity index (χ1) is 12.7. The Bertz CT molecular complexity index is 1080. The maximum Gasteiger partial charge on any atom is 0.244 e. The minimum Gasteiger partial charge on any atom is -0.437 e. The lowest BCUT2D eigenvalue weighted by Crippen LogP contribution is -2.23. The number of aromatic nitrogens is 2. The predicted octanol–water partition coefficient (Wildman–Crippen LogP) is 3.82. The van der Waals surface area contributed by atoms with E-state index in [-0.39, 0.29) is 11.7 Å². The van der Waals surface area contributed by atoms with Gasteiger partial charge in [0.05, 0.1) is 0 Å². The SMILES string of the molecule is O=C(/C=C\c1nc2ccccc2o1)NCCc1c[nH]c2cc(F)ccc12. The lowest BCUT2D eigenvalue weighted by atomic mass is 10.1. The molecule has 1 amide bonds. The maximum atomic E-state index is 13.2. The number of nitrogens with zero attached hydrogens (tertiary/aromatic N) is 1. The number of aromatic amines is 1. The van der Waals surface area contributed by atoms with Gasteiger partial charge in [0.2, 0.25) is 11.8 Å². The third-order valence-electron chi connectivity index (χ3n) is 4.11. The lowest BCUT2D eigenvalue weighted by molar-refractivity contribution is -0.116. The van der Waals surface area contributed by atoms with Crippen LogP contribution in [0.4, 0.5) is 4.39 Å². The Morgan fingerprint density at radius 2 is 2.15 bits per heavy atom. The second-order valence-corrected chi connectivity index (χ2v) is 5.90. The topological polar surface area (TPSA) is 70.9 Å². The van der Waals surface area contributed by atoms with Crippen molar-refractivity contribution in [2.75, 3.05) is 6.54 Å². The number of hydrogen-bond donors (Lipinski definition) is 2. The molecule has 2 aromatic carbocycles. The second kappa shape index (κ2) is 6.84. The van der Waals surface area contributed by atoms with E-state index in [0.29, 0.717) is 24.4 Å². The molecule has 26 heavy (non-hydrogen) atoms. The summed E-state index contributed by atoms with van der Waals surface area (Å²) in [7, 11) is 0. The molecule has 0 aliphatic heterocycles. The largest absolute Gasteiger partial charge is 0.437 e. The Morgan fingerprint density at radius 3 is 3.04 bits per heavy atom. The molecule has 4 aromatic rings. The zero-order valence-corrected chi connectivity index (χ0v) is 13.8. The van der Waals surface area contributed by atoms with Gasteiger partial charge in [-0.25, -0.2) is 9.37 Å². The summed E-state index contributed by atoms with van der Waals surface area (Å²) in [5.74, 6) is -0.110. The van der Waals surface area contributed by atoms with Gasteiger partial charge in [0, 0.05) is 35.8 Å². The minimum absolute atomic E-state index is 0.224. The van der Waals surface area contributed by atoms with Crippen LogP contribution in [0.1, 0.15) is 11.5 Å². The molecule has 0 unspecified atom stereocenters. The molecule has 0 bridgehead atoms. The molecule has 0 fully saturated rings. The Hall–Kier alpha value is -3.41. The number of fused-ring (bicyclic) bond motifs is 2. The first kappa shape index (κ1) is 16.1. The van der Waals surface area contributed by atoms with Crippen LogP contribution in [-0.2, 0) is 11.2 Å². The standard InChI is InChI=1S/C20H16FN3O2/c21-14-5-6-15-13(12-23-17(15)11-14)9-10-22-19(25)7-8-20-24-16-3-1-2-4-18(16)26-20/h1-8,11-12,23H,9-10H2,(H,22,25)/b8-7-. The number of carbonyl (C=O) groups excluding carboxylic acids is 1. The fraction of sp³-hybridized carbons (Fsp3) is 0.100. The van der Waals surface area contributed by atoms with Crippen LogP contribution in [0.2, 0.25) is 0 Å². The quantitative estimate of drug-likeness (QED) is 0.538. The smallest absolute Gasteiger partial charge is 0.244 e. The average molecular weight is 349 g/mol. The van der Waals surface area contributed by atoms with E-state index in [1.54, 1.807) is 12.1 Å². The van der Waals surface area contributed by atoms with Gasteiger partial charge >= 0.3 is 0 Å². The van der Waals surface area contributed by atoms with Gasteiger partial charge in [-0.3, -0.25) is 4.79 Å². The van der Waals surface area contributed by atoms with E-state index in [9.17, 15) is 9.18 Å². The Balaban J connectivity index is 1.34. The van der Waals surface area contributed by atoms with Gasteiger partial charge in [0.1, 0.15) is 11.3 Å². The molecule has 2 heterocycles. The summed E-state index contributed by atoms with van der Waals surface area (Å²) in [5, 5.41) is 3.78. The van der Waals surface area contributed by atoms with Crippen molar-refractivity contribution in [3.8, 4) is 0 Å². The molecular weight excluding hydrogens is 333 g/mol. The van der Waals surface area contributed by atoms with Gasteiger partial charge in [-0.1, -0.05) is 12.1 Å². The second-order valence-electron chi connectivity index (χ2n) is 5.90. The van der Waals surface area contributed by atoms with Gasteiger partial charge in [-0.05, 0) is 42.3 Å². The number of oxazole rings is 1. The summed E-state index contributed by atoms with van der Waals surface area (Å²) in [5.41, 5.74) is 3.22. The third kappa shape index (κ3) is 3.35. The van der Waals surface area contributed by atoms with E-state index in [2.05, 4.69) is 15.3 Å². The number of benzene rings is 2. The van der Waals surface area contributed by atoms with Crippen LogP contribution < -0.4 is 5.32 Å². The van der Waals surface area contributed by atoms with E-state index in [0.717, 1.165) is 22.0 Å². The van der Waals surface area contributed by atoms with Gasteiger partial charge in [0.15, 0.2) is 5.58 Å². The minimum atomic E-state index is -0.275. The maximum absolute atomic E-state index is 13.2. The summed E-state index contributed by atoms with van der Waals surface area (Å²) in [4.78, 5) is 19.3. The monoisotopic (exact) mass is 349 g/mol. The molecule has 0 radical (unpaired) electrons. The Labute approximate surface area is 148 Å². The first-order valence-corrected chi connectivity index (χ1v) is 8.26. The Kier molecular flexibility index (Phi) is 4.23. The van der Waals surface area contributed by atoms with Crippen LogP contribution in [0.25, 0.3) is 28.1 Å². The number of para-hydroxylation sites is 2. The molecule has 0 saturated carbocycles. The number of nitrogens with one attached hydrogen (secondary N) is 2. The fourth-order valence-corrected chi connectivity index (χ4v) is 2.85. The van der Waals surface area contributed by atoms with Crippen LogP contribution in [0.3, 0.4) is 0 Å². The van der Waals surface area contributed by atoms with E-state index in [1.807, 2.05) is 30.5 Å². The van der Waals surface area contributed by atoms with Crippen molar-refractivity contribution in [1.29, 1.82) is 0 Å². The van der Waals surface area contributed by atoms with Crippen molar-refractivity contribution in [2.45, 2.75) is 6.42 Å². The van der Waals surface area contributed by atoms with Crippen molar-refractivity contribution in [3.05, 3.63) is 72.0 Å². The van der Waals surface area contributed by atoms with Crippen LogP contribution in [-0.4, -0.2) is 22.4 Å². The first-order valence-electron chi connectivity index (χ1n) is 8.26. The van der Waals surface area contributed by atoms with Crippen molar-refractivity contribution in [2.24, 2.45) is 0 Å². The highest BCUT2D eigenvalue weighted by molar-refractivity contribution is 5.91. The predicted molar refractivity (Wildman–Crippen MR) is 98.0 cm³/mol. The lowest BCUT2D eigenvalue weighted by Gasteiger charge is -2.01. The number of carbonyl (C=O) groups is 1. The van der Waals surface area contributed by atoms with E-state index in [4.69, 9.17) is 4.42 Å².